The Balaban J connectivity index is 1.52. The van der Waals surface area contributed by atoms with E-state index in [1.54, 1.807) is 25.1 Å². The normalized spacial score (nSPS) is 15.3. The van der Waals surface area contributed by atoms with Crippen molar-refractivity contribution in [2.24, 2.45) is 0 Å². The number of hydrazine groups is 1. The zero-order chi connectivity index (χ0) is 25.1. The highest BCUT2D eigenvalue weighted by molar-refractivity contribution is 6.06. The largest absolute Gasteiger partial charge is 0.344 e. The fourth-order valence-electron chi connectivity index (χ4n) is 4.15. The average molecular weight is 473 g/mol. The summed E-state index contributed by atoms with van der Waals surface area (Å²) in [7, 11) is 0. The number of para-hydroxylation sites is 2. The van der Waals surface area contributed by atoms with E-state index in [0.717, 1.165) is 16.7 Å². The number of carbonyl (C=O) groups is 3. The summed E-state index contributed by atoms with van der Waals surface area (Å²) in [6.07, 6.45) is -0.257. The molecule has 4 rings (SSSR count). The minimum absolute atomic E-state index is 0.167. The van der Waals surface area contributed by atoms with Crippen molar-refractivity contribution in [2.45, 2.75) is 32.2 Å². The quantitative estimate of drug-likeness (QED) is 0.420. The van der Waals surface area contributed by atoms with Gasteiger partial charge >= 0.3 is 0 Å². The molecule has 1 unspecified atom stereocenters. The molecule has 1 aliphatic heterocycles. The first-order chi connectivity index (χ1) is 16.8. The Hall–Kier alpha value is -4.53. The van der Waals surface area contributed by atoms with Gasteiger partial charge in [0.25, 0.3) is 17.5 Å². The lowest BCUT2D eigenvalue weighted by atomic mass is 9.92. The highest BCUT2D eigenvalue weighted by Crippen LogP contribution is 2.39. The number of nitrogens with zero attached hydrogens (tertiary/aromatic N) is 2. The molecule has 0 saturated carbocycles. The van der Waals surface area contributed by atoms with Crippen LogP contribution in [0.3, 0.4) is 0 Å². The molecule has 0 saturated heterocycles. The van der Waals surface area contributed by atoms with Crippen molar-refractivity contribution in [1.82, 2.24) is 10.7 Å². The molecular formula is C26H24N4O5. The fourth-order valence-corrected chi connectivity index (χ4v) is 4.15. The number of nitro groups is 1. The molecule has 2 atom stereocenters. The van der Waals surface area contributed by atoms with Crippen molar-refractivity contribution in [3.8, 4) is 11.1 Å². The Kier molecular flexibility index (Phi) is 6.59. The predicted octanol–water partition coefficient (Wildman–Crippen LogP) is 3.49. The fraction of sp³-hybridized carbons (Fsp3) is 0.192. The molecule has 3 aromatic carbocycles. The highest BCUT2D eigenvalue weighted by Gasteiger charge is 2.33. The number of hydrogen-bond acceptors (Lipinski definition) is 5. The van der Waals surface area contributed by atoms with Gasteiger partial charge in [-0.3, -0.25) is 29.9 Å². The van der Waals surface area contributed by atoms with Gasteiger partial charge in [0.1, 0.15) is 6.04 Å². The van der Waals surface area contributed by atoms with Crippen LogP contribution in [0.25, 0.3) is 11.1 Å². The van der Waals surface area contributed by atoms with Crippen molar-refractivity contribution in [3.05, 3.63) is 94.0 Å². The van der Waals surface area contributed by atoms with Crippen LogP contribution in [-0.2, 0) is 20.8 Å². The second-order valence-electron chi connectivity index (χ2n) is 8.33. The number of carbonyl (C=O) groups excluding carboxylic acids is 3. The third-order valence-electron chi connectivity index (χ3n) is 5.99. The van der Waals surface area contributed by atoms with Gasteiger partial charge in [-0.2, -0.15) is 0 Å². The van der Waals surface area contributed by atoms with Gasteiger partial charge < -0.3 is 5.32 Å². The Labute approximate surface area is 201 Å². The topological polar surface area (TPSA) is 122 Å². The van der Waals surface area contributed by atoms with Crippen LogP contribution in [0.15, 0.2) is 72.8 Å². The Morgan fingerprint density at radius 2 is 1.63 bits per heavy atom. The van der Waals surface area contributed by atoms with E-state index in [9.17, 15) is 24.5 Å². The van der Waals surface area contributed by atoms with E-state index in [-0.39, 0.29) is 23.6 Å². The highest BCUT2D eigenvalue weighted by atomic mass is 16.6. The number of fused-ring (bicyclic) bond motifs is 3. The second kappa shape index (κ2) is 9.76. The second-order valence-corrected chi connectivity index (χ2v) is 8.33. The minimum atomic E-state index is -0.994. The number of anilines is 1. The van der Waals surface area contributed by atoms with E-state index < -0.39 is 28.7 Å². The smallest absolute Gasteiger partial charge is 0.273 e. The first kappa shape index (κ1) is 23.6. The van der Waals surface area contributed by atoms with Gasteiger partial charge in [0.2, 0.25) is 5.91 Å². The average Bonchev–Trinajstić information content (AvgIpc) is 2.94. The zero-order valence-corrected chi connectivity index (χ0v) is 19.2. The van der Waals surface area contributed by atoms with Crippen molar-refractivity contribution in [2.75, 3.05) is 5.01 Å². The molecule has 3 aromatic rings. The Morgan fingerprint density at radius 3 is 2.37 bits per heavy atom. The van der Waals surface area contributed by atoms with Gasteiger partial charge in [0.05, 0.1) is 22.9 Å². The van der Waals surface area contributed by atoms with Crippen LogP contribution in [0.5, 0.6) is 0 Å². The van der Waals surface area contributed by atoms with Crippen LogP contribution in [0.2, 0.25) is 0 Å². The van der Waals surface area contributed by atoms with Crippen molar-refractivity contribution < 1.29 is 19.3 Å². The van der Waals surface area contributed by atoms with Gasteiger partial charge in [-0.05, 0) is 31.0 Å². The Bertz CT molecular complexity index is 1320. The third-order valence-corrected chi connectivity index (χ3v) is 5.99. The summed E-state index contributed by atoms with van der Waals surface area (Å²) in [6.45, 7) is 3.27. The lowest BCUT2D eigenvalue weighted by Gasteiger charge is -2.27. The van der Waals surface area contributed by atoms with E-state index in [2.05, 4.69) is 10.7 Å². The Morgan fingerprint density at radius 1 is 1.00 bits per heavy atom. The standard InChI is InChI=1S/C26H24N4O5/c1-16-19-10-4-5-11-20(19)21-12-6-8-14-23(21)29(26(16)33)28-25(32)17(2)27-24(31)15-18-9-3-7-13-22(18)30(34)35/h3-14,16-17H,15H2,1-2H3,(H,27,31)(H,28,32)/t16?,17-/m0/s1. The van der Waals surface area contributed by atoms with Crippen molar-refractivity contribution in [1.29, 1.82) is 0 Å². The molecule has 9 heteroatoms. The number of nitrogens with one attached hydrogen (secondary N) is 2. The number of rotatable bonds is 6. The van der Waals surface area contributed by atoms with Crippen LogP contribution >= 0.6 is 0 Å². The number of nitro benzene ring substituents is 1. The van der Waals surface area contributed by atoms with Gasteiger partial charge in [0, 0.05) is 17.2 Å². The third kappa shape index (κ3) is 4.74. The van der Waals surface area contributed by atoms with E-state index in [1.807, 2.05) is 36.4 Å². The van der Waals surface area contributed by atoms with Crippen LogP contribution in [0.4, 0.5) is 11.4 Å². The molecule has 0 spiro atoms. The van der Waals surface area contributed by atoms with E-state index in [4.69, 9.17) is 0 Å². The van der Waals surface area contributed by atoms with Crippen LogP contribution in [0, 0.1) is 10.1 Å². The number of hydrogen-bond donors (Lipinski definition) is 2. The minimum Gasteiger partial charge on any atom is -0.344 e. The van der Waals surface area contributed by atoms with E-state index in [0.29, 0.717) is 5.69 Å². The lowest BCUT2D eigenvalue weighted by molar-refractivity contribution is -0.385. The van der Waals surface area contributed by atoms with E-state index in [1.165, 1.54) is 30.1 Å². The summed E-state index contributed by atoms with van der Waals surface area (Å²) in [5.41, 5.74) is 5.82. The molecule has 35 heavy (non-hydrogen) atoms. The molecule has 2 N–H and O–H groups in total. The molecule has 0 aliphatic carbocycles. The molecule has 0 aromatic heterocycles. The van der Waals surface area contributed by atoms with Gasteiger partial charge in [-0.15, -0.1) is 0 Å². The summed E-state index contributed by atoms with van der Waals surface area (Å²) >= 11 is 0. The molecule has 1 heterocycles. The molecule has 0 radical (unpaired) electrons. The molecule has 1 aliphatic rings. The molecule has 3 amide bonds. The summed E-state index contributed by atoms with van der Waals surface area (Å²) in [5, 5.41) is 15.0. The van der Waals surface area contributed by atoms with Crippen LogP contribution in [-0.4, -0.2) is 28.7 Å². The maximum absolute atomic E-state index is 13.4. The van der Waals surface area contributed by atoms with Crippen LogP contribution < -0.4 is 15.8 Å². The molecule has 0 fully saturated rings. The number of amides is 3. The summed E-state index contributed by atoms with van der Waals surface area (Å²) < 4.78 is 0. The molecule has 178 valence electrons. The molecule has 0 bridgehead atoms. The maximum Gasteiger partial charge on any atom is 0.273 e. The van der Waals surface area contributed by atoms with Crippen LogP contribution in [0.1, 0.15) is 30.9 Å². The number of benzene rings is 3. The molecular weight excluding hydrogens is 448 g/mol. The SMILES string of the molecule is CC1C(=O)N(NC(=O)[C@H](C)NC(=O)Cc2ccccc2[N+](=O)[O-])c2ccccc2-c2ccccc21. The summed E-state index contributed by atoms with van der Waals surface area (Å²) in [6, 6.07) is 19.8. The summed E-state index contributed by atoms with van der Waals surface area (Å²) in [4.78, 5) is 49.5. The van der Waals surface area contributed by atoms with Crippen molar-refractivity contribution in [3.63, 3.8) is 0 Å². The van der Waals surface area contributed by atoms with Crippen molar-refractivity contribution >= 4 is 29.1 Å². The maximum atomic E-state index is 13.4. The first-order valence-corrected chi connectivity index (χ1v) is 11.1. The van der Waals surface area contributed by atoms with Gasteiger partial charge in [-0.25, -0.2) is 5.01 Å². The lowest BCUT2D eigenvalue weighted by Crippen LogP contribution is -2.54. The first-order valence-electron chi connectivity index (χ1n) is 11.1. The van der Waals surface area contributed by atoms with Gasteiger partial charge in [0.15, 0.2) is 0 Å². The van der Waals surface area contributed by atoms with E-state index >= 15 is 0 Å². The summed E-state index contributed by atoms with van der Waals surface area (Å²) in [5.74, 6) is -1.97. The zero-order valence-electron chi connectivity index (χ0n) is 19.2. The molecule has 9 nitrogen and oxygen atoms in total. The monoisotopic (exact) mass is 472 g/mol. The van der Waals surface area contributed by atoms with Gasteiger partial charge in [-0.1, -0.05) is 60.7 Å². The predicted molar refractivity (Wildman–Crippen MR) is 130 cm³/mol.